The van der Waals surface area contributed by atoms with Gasteiger partial charge in [0.2, 0.25) is 0 Å². The second-order valence-corrected chi connectivity index (χ2v) is 3.25. The van der Waals surface area contributed by atoms with Crippen LogP contribution in [0.25, 0.3) is 0 Å². The van der Waals surface area contributed by atoms with Crippen LogP contribution in [0.2, 0.25) is 0 Å². The first-order chi connectivity index (χ1) is 6.79. The molecule has 0 aliphatic heterocycles. The van der Waals surface area contributed by atoms with E-state index in [1.165, 1.54) is 0 Å². The molecule has 0 saturated carbocycles. The van der Waals surface area contributed by atoms with E-state index in [9.17, 15) is 0 Å². The number of aliphatic hydroxyl groups is 2. The predicted octanol–water partition coefficient (Wildman–Crippen LogP) is -0.106. The molecule has 0 atom stereocenters. The molecule has 5 nitrogen and oxygen atoms in total. The molecule has 1 aromatic rings. The van der Waals surface area contributed by atoms with Crippen LogP contribution in [0.5, 0.6) is 0 Å². The SMILES string of the molecule is Cc1c(CCCO)nnn1CCCO. The molecule has 5 heteroatoms. The van der Waals surface area contributed by atoms with Crippen LogP contribution in [-0.4, -0.2) is 38.4 Å². The average Bonchev–Trinajstić information content (AvgIpc) is 2.54. The summed E-state index contributed by atoms with van der Waals surface area (Å²) in [5, 5.41) is 25.4. The van der Waals surface area contributed by atoms with Gasteiger partial charge in [-0.05, 0) is 26.2 Å². The third-order valence-corrected chi connectivity index (χ3v) is 2.18. The Labute approximate surface area is 83.4 Å². The summed E-state index contributed by atoms with van der Waals surface area (Å²) in [6.07, 6.45) is 2.19. The van der Waals surface area contributed by atoms with E-state index in [4.69, 9.17) is 10.2 Å². The normalized spacial score (nSPS) is 10.8. The molecule has 0 aliphatic rings. The fourth-order valence-corrected chi connectivity index (χ4v) is 1.31. The smallest absolute Gasteiger partial charge is 0.0857 e. The Balaban J connectivity index is 2.55. The molecule has 14 heavy (non-hydrogen) atoms. The highest BCUT2D eigenvalue weighted by atomic mass is 16.3. The van der Waals surface area contributed by atoms with Crippen molar-refractivity contribution in [1.29, 1.82) is 0 Å². The molecule has 1 rings (SSSR count). The van der Waals surface area contributed by atoms with E-state index in [1.54, 1.807) is 4.68 Å². The molecule has 0 fully saturated rings. The summed E-state index contributed by atoms with van der Waals surface area (Å²) in [5.41, 5.74) is 1.98. The van der Waals surface area contributed by atoms with Crippen LogP contribution in [0, 0.1) is 6.92 Å². The first-order valence-corrected chi connectivity index (χ1v) is 4.90. The van der Waals surface area contributed by atoms with Gasteiger partial charge in [0.25, 0.3) is 0 Å². The van der Waals surface area contributed by atoms with Crippen molar-refractivity contribution < 1.29 is 10.2 Å². The quantitative estimate of drug-likeness (QED) is 0.671. The molecule has 0 aliphatic carbocycles. The predicted molar refractivity (Wildman–Crippen MR) is 51.9 cm³/mol. The topological polar surface area (TPSA) is 71.2 Å². The standard InChI is InChI=1S/C9H17N3O2/c1-8-9(4-2-6-13)10-11-12(8)5-3-7-14/h13-14H,2-7H2,1H3. The Morgan fingerprint density at radius 3 is 2.57 bits per heavy atom. The minimum Gasteiger partial charge on any atom is -0.396 e. The maximum Gasteiger partial charge on any atom is 0.0857 e. The fraction of sp³-hybridized carbons (Fsp3) is 0.778. The number of rotatable bonds is 6. The molecule has 0 amide bonds. The molecule has 80 valence electrons. The molecule has 1 aromatic heterocycles. The lowest BCUT2D eigenvalue weighted by Gasteiger charge is -2.01. The first-order valence-electron chi connectivity index (χ1n) is 4.90. The van der Waals surface area contributed by atoms with Gasteiger partial charge in [0.15, 0.2) is 0 Å². The van der Waals surface area contributed by atoms with Gasteiger partial charge in [0.05, 0.1) is 11.4 Å². The fourth-order valence-electron chi connectivity index (χ4n) is 1.31. The zero-order chi connectivity index (χ0) is 10.4. The number of aryl methyl sites for hydroxylation is 2. The second-order valence-electron chi connectivity index (χ2n) is 3.25. The second kappa shape index (κ2) is 5.72. The number of nitrogens with zero attached hydrogens (tertiary/aromatic N) is 3. The van der Waals surface area contributed by atoms with Crippen molar-refractivity contribution in [2.45, 2.75) is 32.7 Å². The van der Waals surface area contributed by atoms with E-state index >= 15 is 0 Å². The van der Waals surface area contributed by atoms with E-state index < -0.39 is 0 Å². The number of aromatic nitrogens is 3. The van der Waals surface area contributed by atoms with E-state index in [0.717, 1.165) is 24.2 Å². The van der Waals surface area contributed by atoms with Crippen molar-refractivity contribution in [2.24, 2.45) is 0 Å². The summed E-state index contributed by atoms with van der Waals surface area (Å²) in [5.74, 6) is 0. The third kappa shape index (κ3) is 2.78. The van der Waals surface area contributed by atoms with Crippen LogP contribution in [0.4, 0.5) is 0 Å². The van der Waals surface area contributed by atoms with Crippen LogP contribution in [0.15, 0.2) is 0 Å². The van der Waals surface area contributed by atoms with Crippen molar-refractivity contribution >= 4 is 0 Å². The summed E-state index contributed by atoms with van der Waals surface area (Å²) >= 11 is 0. The molecule has 0 aromatic carbocycles. The van der Waals surface area contributed by atoms with E-state index in [2.05, 4.69) is 10.3 Å². The van der Waals surface area contributed by atoms with Gasteiger partial charge in [0.1, 0.15) is 0 Å². The van der Waals surface area contributed by atoms with E-state index in [-0.39, 0.29) is 13.2 Å². The minimum absolute atomic E-state index is 0.172. The minimum atomic E-state index is 0.172. The molecule has 0 bridgehead atoms. The zero-order valence-electron chi connectivity index (χ0n) is 8.48. The van der Waals surface area contributed by atoms with Crippen LogP contribution in [0.3, 0.4) is 0 Å². The lowest BCUT2D eigenvalue weighted by molar-refractivity contribution is 0.275. The van der Waals surface area contributed by atoms with Crippen molar-refractivity contribution in [3.8, 4) is 0 Å². The van der Waals surface area contributed by atoms with Gasteiger partial charge in [-0.3, -0.25) is 0 Å². The van der Waals surface area contributed by atoms with Gasteiger partial charge < -0.3 is 10.2 Å². The summed E-state index contributed by atoms with van der Waals surface area (Å²) in [7, 11) is 0. The van der Waals surface area contributed by atoms with Crippen LogP contribution in [0.1, 0.15) is 24.2 Å². The lowest BCUT2D eigenvalue weighted by atomic mass is 10.2. The molecule has 0 radical (unpaired) electrons. The Kier molecular flexibility index (Phi) is 4.55. The van der Waals surface area contributed by atoms with Crippen LogP contribution in [-0.2, 0) is 13.0 Å². The van der Waals surface area contributed by atoms with Gasteiger partial charge in [0, 0.05) is 19.8 Å². The van der Waals surface area contributed by atoms with Crippen LogP contribution >= 0.6 is 0 Å². The van der Waals surface area contributed by atoms with Gasteiger partial charge >= 0.3 is 0 Å². The molecular formula is C9H17N3O2. The van der Waals surface area contributed by atoms with Crippen molar-refractivity contribution in [2.75, 3.05) is 13.2 Å². The molecule has 1 heterocycles. The van der Waals surface area contributed by atoms with Gasteiger partial charge in [-0.2, -0.15) is 0 Å². The molecular weight excluding hydrogens is 182 g/mol. The van der Waals surface area contributed by atoms with Crippen LogP contribution < -0.4 is 0 Å². The molecule has 0 spiro atoms. The van der Waals surface area contributed by atoms with Crippen molar-refractivity contribution in [1.82, 2.24) is 15.0 Å². The number of aliphatic hydroxyl groups excluding tert-OH is 2. The zero-order valence-corrected chi connectivity index (χ0v) is 8.48. The highest BCUT2D eigenvalue weighted by molar-refractivity contribution is 5.07. The number of hydrogen-bond donors (Lipinski definition) is 2. The molecule has 2 N–H and O–H groups in total. The Hall–Kier alpha value is -0.940. The Morgan fingerprint density at radius 2 is 1.93 bits per heavy atom. The maximum atomic E-state index is 8.68. The van der Waals surface area contributed by atoms with Gasteiger partial charge in [-0.15, -0.1) is 5.10 Å². The van der Waals surface area contributed by atoms with Crippen molar-refractivity contribution in [3.05, 3.63) is 11.4 Å². The van der Waals surface area contributed by atoms with E-state index in [0.29, 0.717) is 13.0 Å². The van der Waals surface area contributed by atoms with Gasteiger partial charge in [-0.25, -0.2) is 4.68 Å². The third-order valence-electron chi connectivity index (χ3n) is 2.18. The Morgan fingerprint density at radius 1 is 1.21 bits per heavy atom. The summed E-state index contributed by atoms with van der Waals surface area (Å²) in [6.45, 7) is 3.02. The summed E-state index contributed by atoms with van der Waals surface area (Å²) < 4.78 is 1.79. The first kappa shape index (κ1) is 11.1. The maximum absolute atomic E-state index is 8.68. The van der Waals surface area contributed by atoms with Crippen molar-refractivity contribution in [3.63, 3.8) is 0 Å². The Bertz CT molecular complexity index is 248. The molecule has 0 unspecified atom stereocenters. The largest absolute Gasteiger partial charge is 0.396 e. The summed E-state index contributed by atoms with van der Waals surface area (Å²) in [4.78, 5) is 0. The lowest BCUT2D eigenvalue weighted by Crippen LogP contribution is -2.04. The average molecular weight is 199 g/mol. The van der Waals surface area contributed by atoms with E-state index in [1.807, 2.05) is 6.92 Å². The number of hydrogen-bond acceptors (Lipinski definition) is 4. The highest BCUT2D eigenvalue weighted by Crippen LogP contribution is 2.06. The monoisotopic (exact) mass is 199 g/mol. The highest BCUT2D eigenvalue weighted by Gasteiger charge is 2.06. The van der Waals surface area contributed by atoms with Gasteiger partial charge in [-0.1, -0.05) is 5.21 Å². The molecule has 0 saturated heterocycles. The summed E-state index contributed by atoms with van der Waals surface area (Å²) in [6, 6.07) is 0.